The molecule has 28 heavy (non-hydrogen) atoms. The third kappa shape index (κ3) is 6.07. The van der Waals surface area contributed by atoms with Crippen LogP contribution in [0.4, 0.5) is 4.39 Å². The van der Waals surface area contributed by atoms with E-state index in [1.807, 2.05) is 36.4 Å². The number of para-hydroxylation sites is 1. The van der Waals surface area contributed by atoms with E-state index in [9.17, 15) is 4.39 Å². The van der Waals surface area contributed by atoms with Crippen LogP contribution in [0, 0.1) is 11.2 Å². The molecule has 0 saturated carbocycles. The van der Waals surface area contributed by atoms with Gasteiger partial charge in [-0.05, 0) is 35.4 Å². The lowest BCUT2D eigenvalue weighted by Crippen LogP contribution is -2.16. The summed E-state index contributed by atoms with van der Waals surface area (Å²) in [6, 6.07) is 24.2. The van der Waals surface area contributed by atoms with Crippen molar-refractivity contribution in [2.24, 2.45) is 5.41 Å². The van der Waals surface area contributed by atoms with Crippen LogP contribution in [0.2, 0.25) is 0 Å². The number of rotatable bonds is 8. The van der Waals surface area contributed by atoms with Crippen LogP contribution in [0.1, 0.15) is 25.0 Å². The van der Waals surface area contributed by atoms with E-state index in [1.165, 1.54) is 6.07 Å². The second-order valence-electron chi connectivity index (χ2n) is 7.41. The maximum absolute atomic E-state index is 14.1. The van der Waals surface area contributed by atoms with Crippen molar-refractivity contribution in [3.63, 3.8) is 0 Å². The molecule has 3 rings (SSSR count). The molecule has 0 aliphatic heterocycles. The van der Waals surface area contributed by atoms with Gasteiger partial charge in [0.05, 0.1) is 13.2 Å². The first-order valence-corrected chi connectivity index (χ1v) is 9.35. The predicted molar refractivity (Wildman–Crippen MR) is 112 cm³/mol. The van der Waals surface area contributed by atoms with Crippen molar-refractivity contribution in [2.45, 2.75) is 20.5 Å². The van der Waals surface area contributed by atoms with Crippen molar-refractivity contribution in [1.29, 1.82) is 0 Å². The van der Waals surface area contributed by atoms with E-state index in [0.717, 1.165) is 11.1 Å². The highest BCUT2D eigenvalue weighted by molar-refractivity contribution is 5.49. The van der Waals surface area contributed by atoms with Crippen LogP contribution in [-0.2, 0) is 11.3 Å². The highest BCUT2D eigenvalue weighted by atomic mass is 19.1. The van der Waals surface area contributed by atoms with Crippen molar-refractivity contribution in [3.8, 4) is 11.5 Å². The minimum Gasteiger partial charge on any atom is -0.454 e. The zero-order valence-corrected chi connectivity index (χ0v) is 16.3. The van der Waals surface area contributed by atoms with Gasteiger partial charge < -0.3 is 9.47 Å². The smallest absolute Gasteiger partial charge is 0.165 e. The predicted octanol–water partition coefficient (Wildman–Crippen LogP) is 6.87. The third-order valence-corrected chi connectivity index (χ3v) is 4.24. The largest absolute Gasteiger partial charge is 0.454 e. The standard InChI is InChI=1S/C25H25FO2/c1-25(2,16-15-20-9-5-3-6-10-20)19-27-18-21-13-14-23(26)24(17-21)28-22-11-7-4-8-12-22/h3-17H,18-19H2,1-2H3. The van der Waals surface area contributed by atoms with Gasteiger partial charge in [0, 0.05) is 5.41 Å². The first-order chi connectivity index (χ1) is 13.5. The molecular formula is C25H25FO2. The second kappa shape index (κ2) is 9.34. The summed E-state index contributed by atoms with van der Waals surface area (Å²) in [5.74, 6) is 0.418. The van der Waals surface area contributed by atoms with Gasteiger partial charge in [0.1, 0.15) is 5.75 Å². The molecule has 0 aromatic heterocycles. The van der Waals surface area contributed by atoms with E-state index in [1.54, 1.807) is 24.3 Å². The zero-order chi connectivity index (χ0) is 19.8. The molecule has 0 unspecified atom stereocenters. The number of ether oxygens (including phenoxy) is 2. The SMILES string of the molecule is CC(C)(C=Cc1ccccc1)COCc1ccc(F)c(Oc2ccccc2)c1. The van der Waals surface area contributed by atoms with Gasteiger partial charge in [-0.1, -0.05) is 80.6 Å². The Morgan fingerprint density at radius 1 is 0.893 bits per heavy atom. The van der Waals surface area contributed by atoms with E-state index < -0.39 is 5.82 Å². The van der Waals surface area contributed by atoms with E-state index in [2.05, 4.69) is 38.1 Å². The fourth-order valence-electron chi connectivity index (χ4n) is 2.70. The molecule has 3 aromatic rings. The summed E-state index contributed by atoms with van der Waals surface area (Å²) in [7, 11) is 0. The molecule has 0 aliphatic carbocycles. The summed E-state index contributed by atoms with van der Waals surface area (Å²) in [4.78, 5) is 0. The van der Waals surface area contributed by atoms with Gasteiger partial charge in [0.2, 0.25) is 0 Å². The molecule has 0 amide bonds. The molecular weight excluding hydrogens is 351 g/mol. The molecule has 0 bridgehead atoms. The first kappa shape index (κ1) is 19.8. The summed E-state index contributed by atoms with van der Waals surface area (Å²) in [5.41, 5.74) is 1.92. The Kier molecular flexibility index (Phi) is 6.62. The molecule has 0 aliphatic rings. The van der Waals surface area contributed by atoms with Crippen LogP contribution in [-0.4, -0.2) is 6.61 Å². The molecule has 0 fully saturated rings. The van der Waals surface area contributed by atoms with Crippen molar-refractivity contribution in [2.75, 3.05) is 6.61 Å². The van der Waals surface area contributed by atoms with Crippen molar-refractivity contribution >= 4 is 6.08 Å². The summed E-state index contributed by atoms with van der Waals surface area (Å²) in [6.07, 6.45) is 4.25. The number of hydrogen-bond donors (Lipinski definition) is 0. The Bertz CT molecular complexity index is 902. The Morgan fingerprint density at radius 2 is 1.57 bits per heavy atom. The number of benzene rings is 3. The molecule has 0 atom stereocenters. The third-order valence-electron chi connectivity index (χ3n) is 4.24. The molecule has 3 aromatic carbocycles. The van der Waals surface area contributed by atoms with Crippen molar-refractivity contribution in [1.82, 2.24) is 0 Å². The molecule has 0 saturated heterocycles. The van der Waals surface area contributed by atoms with E-state index in [0.29, 0.717) is 19.0 Å². The zero-order valence-electron chi connectivity index (χ0n) is 16.3. The fourth-order valence-corrected chi connectivity index (χ4v) is 2.70. The normalized spacial score (nSPS) is 11.7. The Morgan fingerprint density at radius 3 is 2.29 bits per heavy atom. The van der Waals surface area contributed by atoms with Crippen molar-refractivity contribution in [3.05, 3.63) is 102 Å². The molecule has 0 spiro atoms. The van der Waals surface area contributed by atoms with Crippen LogP contribution in [0.5, 0.6) is 11.5 Å². The average molecular weight is 376 g/mol. The summed E-state index contributed by atoms with van der Waals surface area (Å²) < 4.78 is 25.6. The summed E-state index contributed by atoms with van der Waals surface area (Å²) in [6.45, 7) is 5.21. The van der Waals surface area contributed by atoms with Crippen LogP contribution < -0.4 is 4.74 Å². The van der Waals surface area contributed by atoms with Gasteiger partial charge in [0.25, 0.3) is 0 Å². The van der Waals surface area contributed by atoms with Crippen LogP contribution in [0.25, 0.3) is 6.08 Å². The van der Waals surface area contributed by atoms with Gasteiger partial charge in [-0.3, -0.25) is 0 Å². The van der Waals surface area contributed by atoms with Crippen LogP contribution in [0.3, 0.4) is 0 Å². The maximum Gasteiger partial charge on any atom is 0.165 e. The molecule has 2 nitrogen and oxygen atoms in total. The minimum absolute atomic E-state index is 0.112. The lowest BCUT2D eigenvalue weighted by molar-refractivity contribution is 0.0719. The monoisotopic (exact) mass is 376 g/mol. The Labute approximate surface area is 166 Å². The minimum atomic E-state index is -0.390. The fraction of sp³-hybridized carbons (Fsp3) is 0.200. The maximum atomic E-state index is 14.1. The van der Waals surface area contributed by atoms with Gasteiger partial charge in [0.15, 0.2) is 11.6 Å². The topological polar surface area (TPSA) is 18.5 Å². The first-order valence-electron chi connectivity index (χ1n) is 9.35. The Hall–Kier alpha value is -2.91. The van der Waals surface area contributed by atoms with Crippen molar-refractivity contribution < 1.29 is 13.9 Å². The quantitative estimate of drug-likeness (QED) is 0.427. The molecule has 144 valence electrons. The average Bonchev–Trinajstić information content (AvgIpc) is 2.70. The molecule has 0 radical (unpaired) electrons. The van der Waals surface area contributed by atoms with E-state index in [-0.39, 0.29) is 11.2 Å². The van der Waals surface area contributed by atoms with E-state index >= 15 is 0 Å². The van der Waals surface area contributed by atoms with Crippen LogP contribution in [0.15, 0.2) is 84.9 Å². The van der Waals surface area contributed by atoms with Crippen LogP contribution >= 0.6 is 0 Å². The summed E-state index contributed by atoms with van der Waals surface area (Å²) in [5, 5.41) is 0. The molecule has 3 heteroatoms. The van der Waals surface area contributed by atoms with Gasteiger partial charge >= 0.3 is 0 Å². The lowest BCUT2D eigenvalue weighted by Gasteiger charge is -2.20. The van der Waals surface area contributed by atoms with Gasteiger partial charge in [-0.2, -0.15) is 0 Å². The highest BCUT2D eigenvalue weighted by Gasteiger charge is 2.14. The van der Waals surface area contributed by atoms with Gasteiger partial charge in [-0.25, -0.2) is 4.39 Å². The molecule has 0 heterocycles. The second-order valence-corrected chi connectivity index (χ2v) is 7.41. The Balaban J connectivity index is 1.57. The lowest BCUT2D eigenvalue weighted by atomic mass is 9.93. The summed E-state index contributed by atoms with van der Waals surface area (Å²) >= 11 is 0. The van der Waals surface area contributed by atoms with E-state index in [4.69, 9.17) is 9.47 Å². The molecule has 0 N–H and O–H groups in total. The number of halogens is 1. The number of hydrogen-bond acceptors (Lipinski definition) is 2. The van der Waals surface area contributed by atoms with Gasteiger partial charge in [-0.15, -0.1) is 0 Å². The highest BCUT2D eigenvalue weighted by Crippen LogP contribution is 2.26.